The smallest absolute Gasteiger partial charge is 0.234 e. The summed E-state index contributed by atoms with van der Waals surface area (Å²) in [6.45, 7) is 10.9. The standard InChI is InChI=1S/C28H33FN2O5/c1-27(2,3)30-23(33)15-9-8-14-16(21(15)25(30)35)12-17-22(26(36)31(24(17)34)28(4,5)6)20(14)13-7-10-19(32)18(29)11-13/h7-8,10-11,15-17,20-22,32H,9,12H2,1-6H3/t15-,16+,17+,20-,21-,22+/m0/s1. The van der Waals surface area contributed by atoms with Crippen LogP contribution in [0.3, 0.4) is 0 Å². The van der Waals surface area contributed by atoms with Crippen molar-refractivity contribution in [1.82, 2.24) is 9.80 Å². The largest absolute Gasteiger partial charge is 0.505 e. The van der Waals surface area contributed by atoms with Gasteiger partial charge in [-0.25, -0.2) is 4.39 Å². The highest BCUT2D eigenvalue weighted by Crippen LogP contribution is 2.58. The summed E-state index contributed by atoms with van der Waals surface area (Å²) >= 11 is 0. The molecule has 0 aromatic heterocycles. The Morgan fingerprint density at radius 3 is 1.92 bits per heavy atom. The molecule has 8 heteroatoms. The predicted octanol–water partition coefficient (Wildman–Crippen LogP) is 3.76. The molecule has 4 amide bonds. The van der Waals surface area contributed by atoms with Gasteiger partial charge in [0, 0.05) is 17.0 Å². The lowest BCUT2D eigenvalue weighted by Crippen LogP contribution is -2.47. The lowest BCUT2D eigenvalue weighted by Gasteiger charge is -2.44. The number of benzene rings is 1. The molecule has 1 aromatic rings. The molecule has 3 fully saturated rings. The van der Waals surface area contributed by atoms with E-state index in [1.165, 1.54) is 21.9 Å². The second-order valence-electron chi connectivity index (χ2n) is 12.6. The molecule has 192 valence electrons. The van der Waals surface area contributed by atoms with E-state index in [2.05, 4.69) is 0 Å². The zero-order valence-corrected chi connectivity index (χ0v) is 21.5. The maximum absolute atomic E-state index is 14.5. The Morgan fingerprint density at radius 2 is 1.36 bits per heavy atom. The summed E-state index contributed by atoms with van der Waals surface area (Å²) in [5, 5.41) is 9.79. The first-order chi connectivity index (χ1) is 16.6. The van der Waals surface area contributed by atoms with Gasteiger partial charge in [-0.15, -0.1) is 0 Å². The van der Waals surface area contributed by atoms with Gasteiger partial charge in [-0.1, -0.05) is 17.7 Å². The van der Waals surface area contributed by atoms with Crippen molar-refractivity contribution in [3.63, 3.8) is 0 Å². The van der Waals surface area contributed by atoms with E-state index in [-0.39, 0.29) is 23.6 Å². The van der Waals surface area contributed by atoms with Crippen molar-refractivity contribution in [2.75, 3.05) is 0 Å². The van der Waals surface area contributed by atoms with Gasteiger partial charge in [-0.05, 0) is 78.0 Å². The number of carbonyl (C=O) groups excluding carboxylic acids is 4. The van der Waals surface area contributed by atoms with E-state index >= 15 is 0 Å². The highest BCUT2D eigenvalue weighted by Gasteiger charge is 2.63. The number of aromatic hydroxyl groups is 1. The monoisotopic (exact) mass is 496 g/mol. The highest BCUT2D eigenvalue weighted by atomic mass is 19.1. The van der Waals surface area contributed by atoms with E-state index in [4.69, 9.17) is 0 Å². The second kappa shape index (κ2) is 7.73. The van der Waals surface area contributed by atoms with Crippen molar-refractivity contribution in [3.8, 4) is 5.75 Å². The molecule has 0 radical (unpaired) electrons. The molecule has 2 heterocycles. The number of halogens is 1. The van der Waals surface area contributed by atoms with Gasteiger partial charge < -0.3 is 5.11 Å². The molecule has 1 aromatic carbocycles. The molecule has 36 heavy (non-hydrogen) atoms. The molecular formula is C28H33FN2O5. The van der Waals surface area contributed by atoms with Crippen LogP contribution in [0.2, 0.25) is 0 Å². The lowest BCUT2D eigenvalue weighted by atomic mass is 9.57. The number of nitrogens with zero attached hydrogens (tertiary/aromatic N) is 2. The molecule has 4 aliphatic rings. The predicted molar refractivity (Wildman–Crippen MR) is 129 cm³/mol. The Labute approximate surface area is 210 Å². The molecule has 0 spiro atoms. The SMILES string of the molecule is CC(C)(C)N1C(=O)[C@H]2[C@H](CC=C3[C@H]2C[C@H]2C(=O)N(C(C)(C)C)C(=O)[C@H]2[C@H]3c2ccc(O)c(F)c2)C1=O. The number of fused-ring (bicyclic) bond motifs is 4. The summed E-state index contributed by atoms with van der Waals surface area (Å²) in [6, 6.07) is 4.05. The Balaban J connectivity index is 1.66. The average Bonchev–Trinajstić information content (AvgIpc) is 3.17. The quantitative estimate of drug-likeness (QED) is 0.472. The normalized spacial score (nSPS) is 32.5. The first kappa shape index (κ1) is 24.7. The van der Waals surface area contributed by atoms with Gasteiger partial charge in [-0.3, -0.25) is 29.0 Å². The van der Waals surface area contributed by atoms with Crippen LogP contribution in [0.5, 0.6) is 5.75 Å². The van der Waals surface area contributed by atoms with Gasteiger partial charge in [0.2, 0.25) is 23.6 Å². The van der Waals surface area contributed by atoms with E-state index in [9.17, 15) is 28.7 Å². The summed E-state index contributed by atoms with van der Waals surface area (Å²) < 4.78 is 14.5. The Morgan fingerprint density at radius 1 is 0.806 bits per heavy atom. The number of hydrogen-bond acceptors (Lipinski definition) is 5. The van der Waals surface area contributed by atoms with E-state index in [0.29, 0.717) is 18.4 Å². The Kier molecular flexibility index (Phi) is 5.30. The van der Waals surface area contributed by atoms with E-state index < -0.39 is 58.2 Å². The van der Waals surface area contributed by atoms with Crippen molar-refractivity contribution >= 4 is 23.6 Å². The molecule has 1 N–H and O–H groups in total. The number of amides is 4. The zero-order valence-electron chi connectivity index (χ0n) is 21.5. The third-order valence-corrected chi connectivity index (χ3v) is 8.32. The van der Waals surface area contributed by atoms with Gasteiger partial charge in [-0.2, -0.15) is 0 Å². The van der Waals surface area contributed by atoms with Crippen LogP contribution in [0.15, 0.2) is 29.8 Å². The number of phenolic OH excluding ortho intramolecular Hbond substituents is 1. The summed E-state index contributed by atoms with van der Waals surface area (Å²) in [5.74, 6) is -5.91. The molecule has 7 nitrogen and oxygen atoms in total. The maximum atomic E-state index is 14.5. The average molecular weight is 497 g/mol. The molecule has 6 atom stereocenters. The van der Waals surface area contributed by atoms with Crippen molar-refractivity contribution in [2.24, 2.45) is 29.6 Å². The van der Waals surface area contributed by atoms with Gasteiger partial charge in [0.05, 0.1) is 23.7 Å². The van der Waals surface area contributed by atoms with Gasteiger partial charge >= 0.3 is 0 Å². The molecule has 2 aliphatic carbocycles. The van der Waals surface area contributed by atoms with Crippen LogP contribution < -0.4 is 0 Å². The highest BCUT2D eigenvalue weighted by molar-refractivity contribution is 6.08. The molecule has 0 unspecified atom stereocenters. The van der Waals surface area contributed by atoms with Crippen molar-refractivity contribution in [2.45, 2.75) is 71.4 Å². The van der Waals surface area contributed by atoms with Crippen LogP contribution in [0.4, 0.5) is 4.39 Å². The minimum absolute atomic E-state index is 0.202. The first-order valence-electron chi connectivity index (χ1n) is 12.6. The van der Waals surface area contributed by atoms with Crippen molar-refractivity contribution in [1.29, 1.82) is 0 Å². The van der Waals surface area contributed by atoms with Crippen LogP contribution in [-0.4, -0.2) is 49.6 Å². The fourth-order valence-corrected chi connectivity index (χ4v) is 7.00. The van der Waals surface area contributed by atoms with E-state index in [0.717, 1.165) is 5.57 Å². The lowest BCUT2D eigenvalue weighted by molar-refractivity contribution is -0.147. The third-order valence-electron chi connectivity index (χ3n) is 8.32. The minimum atomic E-state index is -0.809. The second-order valence-corrected chi connectivity index (χ2v) is 12.6. The number of allylic oxidation sites excluding steroid dienone is 2. The Bertz CT molecular complexity index is 1220. The number of phenols is 1. The van der Waals surface area contributed by atoms with Gasteiger partial charge in [0.25, 0.3) is 0 Å². The fraction of sp³-hybridized carbons (Fsp3) is 0.571. The zero-order chi connectivity index (χ0) is 26.5. The number of likely N-dealkylation sites (tertiary alicyclic amines) is 2. The molecular weight excluding hydrogens is 463 g/mol. The van der Waals surface area contributed by atoms with Crippen molar-refractivity contribution < 1.29 is 28.7 Å². The van der Waals surface area contributed by atoms with E-state index in [1.807, 2.05) is 26.8 Å². The van der Waals surface area contributed by atoms with Crippen LogP contribution in [0.1, 0.15) is 65.9 Å². The van der Waals surface area contributed by atoms with E-state index in [1.54, 1.807) is 26.8 Å². The third kappa shape index (κ3) is 3.36. The molecule has 1 saturated carbocycles. The summed E-state index contributed by atoms with van der Waals surface area (Å²) in [5.41, 5.74) is -0.113. The van der Waals surface area contributed by atoms with Crippen LogP contribution in [-0.2, 0) is 19.2 Å². The molecule has 0 bridgehead atoms. The fourth-order valence-electron chi connectivity index (χ4n) is 7.00. The number of carbonyl (C=O) groups is 4. The summed E-state index contributed by atoms with van der Waals surface area (Å²) in [6.07, 6.45) is 2.59. The number of rotatable bonds is 1. The molecule has 2 saturated heterocycles. The van der Waals surface area contributed by atoms with Crippen LogP contribution in [0, 0.1) is 35.4 Å². The van der Waals surface area contributed by atoms with Crippen molar-refractivity contribution in [3.05, 3.63) is 41.2 Å². The minimum Gasteiger partial charge on any atom is -0.505 e. The van der Waals surface area contributed by atoms with Gasteiger partial charge in [0.1, 0.15) is 0 Å². The molecule has 5 rings (SSSR count). The first-order valence-corrected chi connectivity index (χ1v) is 12.6. The van der Waals surface area contributed by atoms with Gasteiger partial charge in [0.15, 0.2) is 11.6 Å². The Hall–Kier alpha value is -3.03. The number of hydrogen-bond donors (Lipinski definition) is 1. The van der Waals surface area contributed by atoms with Crippen LogP contribution >= 0.6 is 0 Å². The summed E-state index contributed by atoms with van der Waals surface area (Å²) in [4.78, 5) is 57.0. The molecule has 2 aliphatic heterocycles. The number of imide groups is 2. The summed E-state index contributed by atoms with van der Waals surface area (Å²) in [7, 11) is 0. The topological polar surface area (TPSA) is 95.0 Å². The van der Waals surface area contributed by atoms with Crippen LogP contribution in [0.25, 0.3) is 0 Å². The maximum Gasteiger partial charge on any atom is 0.234 e.